The number of aromatic amines is 2. The van der Waals surface area contributed by atoms with Crippen LogP contribution in [0.15, 0.2) is 47.5 Å². The first kappa shape index (κ1) is 13.5. The fourth-order valence-corrected chi connectivity index (χ4v) is 3.99. The minimum absolute atomic E-state index is 0.0713. The summed E-state index contributed by atoms with van der Waals surface area (Å²) in [5, 5.41) is 2.54. The van der Waals surface area contributed by atoms with Crippen LogP contribution in [-0.4, -0.2) is 15.0 Å². The van der Waals surface area contributed by atoms with E-state index in [9.17, 15) is 4.79 Å². The second-order valence-corrected chi connectivity index (χ2v) is 6.47. The largest absolute Gasteiger partial charge is 0.354 e. The number of pyridine rings is 2. The molecule has 24 heavy (non-hydrogen) atoms. The van der Waals surface area contributed by atoms with Gasteiger partial charge in [-0.3, -0.25) is 9.78 Å². The lowest BCUT2D eigenvalue weighted by Gasteiger charge is -2.22. The van der Waals surface area contributed by atoms with Gasteiger partial charge in [0.1, 0.15) is 0 Å². The summed E-state index contributed by atoms with van der Waals surface area (Å²) in [5.41, 5.74) is 7.11. The Morgan fingerprint density at radius 2 is 1.83 bits per heavy atom. The van der Waals surface area contributed by atoms with E-state index in [2.05, 4.69) is 33.2 Å². The van der Waals surface area contributed by atoms with Crippen molar-refractivity contribution in [3.05, 3.63) is 64.2 Å². The minimum atomic E-state index is -0.0713. The number of rotatable bonds is 1. The van der Waals surface area contributed by atoms with Crippen molar-refractivity contribution in [1.82, 2.24) is 15.0 Å². The maximum absolute atomic E-state index is 11.4. The summed E-state index contributed by atoms with van der Waals surface area (Å²) < 4.78 is 0. The second-order valence-electron chi connectivity index (χ2n) is 6.47. The number of benzene rings is 1. The van der Waals surface area contributed by atoms with Gasteiger partial charge < -0.3 is 9.97 Å². The molecule has 1 aliphatic rings. The first-order valence-electron chi connectivity index (χ1n) is 8.41. The van der Waals surface area contributed by atoms with E-state index in [0.29, 0.717) is 0 Å². The predicted octanol–water partition coefficient (Wildman–Crippen LogP) is 3.95. The zero-order valence-corrected chi connectivity index (χ0v) is 13.2. The lowest BCUT2D eigenvalue weighted by Crippen LogP contribution is -2.09. The zero-order chi connectivity index (χ0) is 16.1. The second kappa shape index (κ2) is 5.06. The Morgan fingerprint density at radius 3 is 2.67 bits per heavy atom. The van der Waals surface area contributed by atoms with Gasteiger partial charge in [-0.15, -0.1) is 0 Å². The first-order valence-corrected chi connectivity index (χ1v) is 8.41. The van der Waals surface area contributed by atoms with Gasteiger partial charge in [0.05, 0.1) is 11.2 Å². The number of hydrogen-bond donors (Lipinski definition) is 2. The highest BCUT2D eigenvalue weighted by Gasteiger charge is 2.20. The van der Waals surface area contributed by atoms with Gasteiger partial charge in [0.25, 0.3) is 0 Å². The number of fused-ring (bicyclic) bond motifs is 5. The van der Waals surface area contributed by atoms with Gasteiger partial charge in [0.2, 0.25) is 5.56 Å². The van der Waals surface area contributed by atoms with Gasteiger partial charge in [0, 0.05) is 40.3 Å². The van der Waals surface area contributed by atoms with Crippen LogP contribution >= 0.6 is 0 Å². The van der Waals surface area contributed by atoms with Crippen LogP contribution < -0.4 is 5.56 Å². The molecular weight excluding hydrogens is 298 g/mol. The normalized spacial score (nSPS) is 14.2. The van der Waals surface area contributed by atoms with Crippen LogP contribution in [0.3, 0.4) is 0 Å². The van der Waals surface area contributed by atoms with Crippen molar-refractivity contribution in [3.8, 4) is 11.3 Å². The van der Waals surface area contributed by atoms with Gasteiger partial charge in [0.15, 0.2) is 0 Å². The molecule has 0 unspecified atom stereocenters. The van der Waals surface area contributed by atoms with Crippen molar-refractivity contribution >= 4 is 21.8 Å². The summed E-state index contributed by atoms with van der Waals surface area (Å²) in [6.45, 7) is 0. The Bertz CT molecular complexity index is 1120. The topological polar surface area (TPSA) is 61.5 Å². The molecule has 3 heterocycles. The van der Waals surface area contributed by atoms with E-state index < -0.39 is 0 Å². The highest BCUT2D eigenvalue weighted by molar-refractivity contribution is 6.08. The molecule has 4 nitrogen and oxygen atoms in total. The maximum atomic E-state index is 11.4. The Kier molecular flexibility index (Phi) is 2.86. The fourth-order valence-electron chi connectivity index (χ4n) is 3.99. The van der Waals surface area contributed by atoms with E-state index in [4.69, 9.17) is 0 Å². The van der Waals surface area contributed by atoms with Gasteiger partial charge in [-0.1, -0.05) is 0 Å². The maximum Gasteiger partial charge on any atom is 0.247 e. The van der Waals surface area contributed by atoms with Crippen molar-refractivity contribution in [1.29, 1.82) is 0 Å². The van der Waals surface area contributed by atoms with Crippen LogP contribution in [-0.2, 0) is 12.8 Å². The molecule has 0 spiro atoms. The van der Waals surface area contributed by atoms with Crippen LogP contribution in [0, 0.1) is 0 Å². The van der Waals surface area contributed by atoms with Gasteiger partial charge in [-0.25, -0.2) is 0 Å². The van der Waals surface area contributed by atoms with E-state index >= 15 is 0 Å². The molecule has 1 aliphatic carbocycles. The van der Waals surface area contributed by atoms with E-state index in [1.807, 2.05) is 12.3 Å². The van der Waals surface area contributed by atoms with Crippen LogP contribution in [0.25, 0.3) is 33.1 Å². The molecule has 0 atom stereocenters. The molecule has 2 N–H and O–H groups in total. The van der Waals surface area contributed by atoms with E-state index in [1.165, 1.54) is 34.7 Å². The third kappa shape index (κ3) is 1.92. The third-order valence-electron chi connectivity index (χ3n) is 5.08. The number of nitrogens with one attached hydrogen (secondary N) is 2. The molecule has 3 aromatic heterocycles. The van der Waals surface area contributed by atoms with Crippen LogP contribution in [0.5, 0.6) is 0 Å². The summed E-state index contributed by atoms with van der Waals surface area (Å²) in [7, 11) is 0. The lowest BCUT2D eigenvalue weighted by atomic mass is 9.85. The van der Waals surface area contributed by atoms with Gasteiger partial charge in [-0.05, 0) is 61.1 Å². The molecule has 5 rings (SSSR count). The Labute approximate surface area is 138 Å². The van der Waals surface area contributed by atoms with Crippen molar-refractivity contribution in [2.45, 2.75) is 25.7 Å². The Balaban J connectivity index is 1.90. The van der Waals surface area contributed by atoms with Crippen LogP contribution in [0.2, 0.25) is 0 Å². The van der Waals surface area contributed by atoms with Crippen molar-refractivity contribution in [2.24, 2.45) is 0 Å². The van der Waals surface area contributed by atoms with Crippen molar-refractivity contribution in [2.75, 3.05) is 0 Å². The SMILES string of the molecule is O=c1ccc(-c2[nH]c3ccc4nccc4c3c3c2CCCC3)c[nH]1. The molecule has 0 amide bonds. The molecule has 1 aromatic carbocycles. The molecule has 0 radical (unpaired) electrons. The molecule has 0 bridgehead atoms. The Hall–Kier alpha value is -2.88. The monoisotopic (exact) mass is 315 g/mol. The van der Waals surface area contributed by atoms with Crippen molar-refractivity contribution in [3.63, 3.8) is 0 Å². The zero-order valence-electron chi connectivity index (χ0n) is 13.2. The van der Waals surface area contributed by atoms with Gasteiger partial charge in [-0.2, -0.15) is 0 Å². The van der Waals surface area contributed by atoms with Crippen LogP contribution in [0.1, 0.15) is 24.0 Å². The molecule has 118 valence electrons. The molecular formula is C20H17N3O. The first-order chi connectivity index (χ1) is 11.8. The van der Waals surface area contributed by atoms with E-state index in [1.54, 1.807) is 12.3 Å². The highest BCUT2D eigenvalue weighted by atomic mass is 16.1. The summed E-state index contributed by atoms with van der Waals surface area (Å²) in [5.74, 6) is 0. The van der Waals surface area contributed by atoms with Crippen LogP contribution in [0.4, 0.5) is 0 Å². The summed E-state index contributed by atoms with van der Waals surface area (Å²) in [4.78, 5) is 22.3. The standard InChI is InChI=1S/C20H17N3O/c24-18-8-5-12(11-22-18)20-14-4-2-1-3-13(14)19-15-9-10-21-16(15)6-7-17(19)23-20/h5-11,23H,1-4H2,(H,22,24). The average molecular weight is 315 g/mol. The molecule has 4 heteroatoms. The third-order valence-corrected chi connectivity index (χ3v) is 5.08. The molecule has 0 fully saturated rings. The average Bonchev–Trinajstić information content (AvgIpc) is 3.10. The molecule has 0 saturated carbocycles. The molecule has 0 aliphatic heterocycles. The summed E-state index contributed by atoms with van der Waals surface area (Å²) >= 11 is 0. The number of hydrogen-bond acceptors (Lipinski definition) is 2. The number of aryl methyl sites for hydroxylation is 1. The van der Waals surface area contributed by atoms with E-state index in [-0.39, 0.29) is 5.56 Å². The smallest absolute Gasteiger partial charge is 0.247 e. The highest BCUT2D eigenvalue weighted by Crippen LogP contribution is 2.37. The fraction of sp³-hybridized carbons (Fsp3) is 0.200. The minimum Gasteiger partial charge on any atom is -0.354 e. The molecule has 0 saturated heterocycles. The van der Waals surface area contributed by atoms with Crippen molar-refractivity contribution < 1.29 is 0 Å². The summed E-state index contributed by atoms with van der Waals surface area (Å²) in [6, 6.07) is 9.79. The summed E-state index contributed by atoms with van der Waals surface area (Å²) in [6.07, 6.45) is 8.29. The number of H-pyrrole nitrogens is 2. The number of aromatic nitrogens is 3. The Morgan fingerprint density at radius 1 is 0.958 bits per heavy atom. The molecule has 4 aromatic rings. The quantitative estimate of drug-likeness (QED) is 0.558. The van der Waals surface area contributed by atoms with Gasteiger partial charge >= 0.3 is 0 Å². The van der Waals surface area contributed by atoms with E-state index in [0.717, 1.165) is 35.1 Å². The number of nitrogens with zero attached hydrogens (tertiary/aromatic N) is 1. The predicted molar refractivity (Wildman–Crippen MR) is 96.3 cm³/mol. The lowest BCUT2D eigenvalue weighted by molar-refractivity contribution is 0.689.